The molecule has 2 heterocycles. The van der Waals surface area contributed by atoms with Crippen molar-refractivity contribution >= 4 is 38.2 Å². The summed E-state index contributed by atoms with van der Waals surface area (Å²) in [6.07, 6.45) is 2.42. The molecule has 0 amide bonds. The van der Waals surface area contributed by atoms with Crippen molar-refractivity contribution in [2.45, 2.75) is 13.8 Å². The van der Waals surface area contributed by atoms with Gasteiger partial charge in [-0.1, -0.05) is 6.07 Å². The van der Waals surface area contributed by atoms with Crippen molar-refractivity contribution < 1.29 is 26.7 Å². The number of halogens is 2. The number of aromatic nitrogens is 3. The number of aryl methyl sites for hydroxylation is 2. The van der Waals surface area contributed by atoms with Crippen molar-refractivity contribution in [3.8, 4) is 17.2 Å². The van der Waals surface area contributed by atoms with Crippen molar-refractivity contribution in [2.75, 3.05) is 16.7 Å². The molecule has 0 atom stereocenters. The number of hydrogen-bond donors (Lipinski definition) is 3. The van der Waals surface area contributed by atoms with E-state index in [1.165, 1.54) is 23.0 Å². The van der Waals surface area contributed by atoms with Crippen molar-refractivity contribution in [1.29, 1.82) is 0 Å². The highest BCUT2D eigenvalue weighted by Crippen LogP contribution is 2.31. The second kappa shape index (κ2) is 9.55. The Hall–Kier alpha value is -4.71. The fraction of sp³-hybridized carbons (Fsp3) is 0.111. The first kappa shape index (κ1) is 25.9. The third-order valence-electron chi connectivity index (χ3n) is 6.10. The molecule has 9 nitrogen and oxygen atoms in total. The number of anilines is 2. The smallest absolute Gasteiger partial charge is 0.229 e. The molecule has 0 aliphatic heterocycles. The average molecular weight is 552 g/mol. The summed E-state index contributed by atoms with van der Waals surface area (Å²) in [7, 11) is -3.47. The van der Waals surface area contributed by atoms with Gasteiger partial charge in [0.1, 0.15) is 11.6 Å². The summed E-state index contributed by atoms with van der Waals surface area (Å²) in [6, 6.07) is 13.5. The van der Waals surface area contributed by atoms with E-state index in [0.29, 0.717) is 28.0 Å². The highest BCUT2D eigenvalue weighted by atomic mass is 32.2. The maximum Gasteiger partial charge on any atom is 0.229 e. The molecule has 0 radical (unpaired) electrons. The molecular weight excluding hydrogens is 528 g/mol. The number of H-pyrrole nitrogens is 1. The zero-order valence-electron chi connectivity index (χ0n) is 21.0. The van der Waals surface area contributed by atoms with E-state index in [0.717, 1.165) is 17.7 Å². The number of nitrogens with one attached hydrogen (secondary N) is 2. The van der Waals surface area contributed by atoms with E-state index in [9.17, 15) is 22.0 Å². The molecule has 5 rings (SSSR count). The van der Waals surface area contributed by atoms with Crippen molar-refractivity contribution in [3.05, 3.63) is 94.8 Å². The van der Waals surface area contributed by atoms with Crippen LogP contribution in [0.1, 0.15) is 27.2 Å². The summed E-state index contributed by atoms with van der Waals surface area (Å²) in [5.74, 6) is -2.37. The average Bonchev–Trinajstić information content (AvgIpc) is 3.44. The molecule has 0 saturated carbocycles. The first-order valence-electron chi connectivity index (χ1n) is 11.6. The number of benzene rings is 3. The zero-order valence-corrected chi connectivity index (χ0v) is 21.9. The Morgan fingerprint density at radius 2 is 1.85 bits per heavy atom. The van der Waals surface area contributed by atoms with E-state index in [2.05, 4.69) is 14.8 Å². The molecule has 0 spiro atoms. The van der Waals surface area contributed by atoms with Crippen LogP contribution in [0.3, 0.4) is 0 Å². The number of rotatable bonds is 7. The van der Waals surface area contributed by atoms with Crippen LogP contribution in [-0.2, 0) is 10.0 Å². The van der Waals surface area contributed by atoms with Crippen LogP contribution in [0, 0.1) is 25.5 Å². The van der Waals surface area contributed by atoms with Gasteiger partial charge in [0.2, 0.25) is 21.6 Å². The van der Waals surface area contributed by atoms with Crippen molar-refractivity contribution in [2.24, 2.45) is 0 Å². The highest BCUT2D eigenvalue weighted by Gasteiger charge is 2.21. The molecular formula is C27H23F2N5O4S. The molecule has 5 aromatic rings. The van der Waals surface area contributed by atoms with Crippen LogP contribution < -0.4 is 15.2 Å². The Labute approximate surface area is 222 Å². The molecule has 3 aromatic carbocycles. The number of nitrogen functional groups attached to an aromatic ring is 1. The largest absolute Gasteiger partial charge is 0.454 e. The SMILES string of the molecule is Cc1cc2cc(C(=O)c3cnn(-c4ccc(Oc5cccc(F)c5F)cc4C)c3N)[nH]c2cc1NS(C)(=O)=O. The summed E-state index contributed by atoms with van der Waals surface area (Å²) in [4.78, 5) is 16.3. The van der Waals surface area contributed by atoms with E-state index in [1.807, 2.05) is 0 Å². The molecule has 12 heteroatoms. The predicted octanol–water partition coefficient (Wildman–Crippen LogP) is 5.23. The second-order valence-corrected chi connectivity index (χ2v) is 10.8. The second-order valence-electron chi connectivity index (χ2n) is 9.10. The monoisotopic (exact) mass is 551 g/mol. The number of sulfonamides is 1. The van der Waals surface area contributed by atoms with Gasteiger partial charge in [-0.2, -0.15) is 9.49 Å². The lowest BCUT2D eigenvalue weighted by Gasteiger charge is -2.12. The van der Waals surface area contributed by atoms with Gasteiger partial charge >= 0.3 is 0 Å². The molecule has 0 aliphatic carbocycles. The van der Waals surface area contributed by atoms with Crippen LogP contribution in [-0.4, -0.2) is 35.2 Å². The van der Waals surface area contributed by atoms with Crippen LogP contribution in [0.4, 0.5) is 20.3 Å². The number of ketones is 1. The number of fused-ring (bicyclic) bond motifs is 1. The number of carbonyl (C=O) groups excluding carboxylic acids is 1. The van der Waals surface area contributed by atoms with Crippen LogP contribution in [0.5, 0.6) is 11.5 Å². The third kappa shape index (κ3) is 5.06. The lowest BCUT2D eigenvalue weighted by Crippen LogP contribution is -2.10. The van der Waals surface area contributed by atoms with Crippen LogP contribution in [0.25, 0.3) is 16.6 Å². The van der Waals surface area contributed by atoms with Gasteiger partial charge in [-0.05, 0) is 73.5 Å². The Bertz CT molecular complexity index is 1880. The van der Waals surface area contributed by atoms with E-state index < -0.39 is 27.4 Å². The molecule has 0 fully saturated rings. The number of nitrogens with two attached hydrogens (primary N) is 1. The van der Waals surface area contributed by atoms with Gasteiger partial charge in [0.15, 0.2) is 11.6 Å². The lowest BCUT2D eigenvalue weighted by molar-refractivity contribution is 0.103. The fourth-order valence-electron chi connectivity index (χ4n) is 4.22. The first-order valence-corrected chi connectivity index (χ1v) is 13.5. The zero-order chi connectivity index (χ0) is 28.1. The van der Waals surface area contributed by atoms with Gasteiger partial charge in [-0.3, -0.25) is 9.52 Å². The topological polar surface area (TPSA) is 132 Å². The Balaban J connectivity index is 1.43. The van der Waals surface area contributed by atoms with Gasteiger partial charge in [0.05, 0.1) is 35.1 Å². The number of nitrogens with zero attached hydrogens (tertiary/aromatic N) is 2. The van der Waals surface area contributed by atoms with Gasteiger partial charge in [-0.25, -0.2) is 17.5 Å². The molecule has 4 N–H and O–H groups in total. The molecule has 0 bridgehead atoms. The number of hydrogen-bond acceptors (Lipinski definition) is 6. The van der Waals surface area contributed by atoms with Crippen molar-refractivity contribution in [1.82, 2.24) is 14.8 Å². The van der Waals surface area contributed by atoms with Gasteiger partial charge in [0, 0.05) is 10.9 Å². The minimum Gasteiger partial charge on any atom is -0.454 e. The summed E-state index contributed by atoms with van der Waals surface area (Å²) >= 11 is 0. The minimum absolute atomic E-state index is 0.0993. The molecule has 0 unspecified atom stereocenters. The Kier molecular flexibility index (Phi) is 6.35. The van der Waals surface area contributed by atoms with E-state index in [-0.39, 0.29) is 28.6 Å². The fourth-order valence-corrected chi connectivity index (χ4v) is 4.83. The summed E-state index contributed by atoms with van der Waals surface area (Å²) in [5.41, 5.74) is 9.62. The van der Waals surface area contributed by atoms with E-state index >= 15 is 0 Å². The van der Waals surface area contributed by atoms with Gasteiger partial charge in [0.25, 0.3) is 0 Å². The maximum atomic E-state index is 14.0. The molecule has 2 aromatic heterocycles. The molecule has 0 aliphatic rings. The summed E-state index contributed by atoms with van der Waals surface area (Å²) < 4.78 is 60.2. The van der Waals surface area contributed by atoms with Crippen LogP contribution in [0.15, 0.2) is 60.8 Å². The normalized spacial score (nSPS) is 11.6. The first-order chi connectivity index (χ1) is 18.4. The van der Waals surface area contributed by atoms with Crippen molar-refractivity contribution in [3.63, 3.8) is 0 Å². The van der Waals surface area contributed by atoms with E-state index in [4.69, 9.17) is 10.5 Å². The number of carbonyl (C=O) groups is 1. The van der Waals surface area contributed by atoms with Crippen LogP contribution >= 0.6 is 0 Å². The minimum atomic E-state index is -3.47. The maximum absolute atomic E-state index is 14.0. The number of aromatic amines is 1. The van der Waals surface area contributed by atoms with E-state index in [1.54, 1.807) is 50.2 Å². The molecule has 39 heavy (non-hydrogen) atoms. The van der Waals surface area contributed by atoms with Gasteiger partial charge < -0.3 is 15.5 Å². The number of ether oxygens (including phenoxy) is 1. The standard InChI is InChI=1S/C27H23F2N5O4S/c1-14-9-16-11-22(32-21(16)12-20(14)33-39(3,36)37)26(35)18-13-31-34(27(18)30)23-8-7-17(10-15(23)2)38-24-6-4-5-19(28)25(24)29/h4-13,32-33H,30H2,1-3H3. The molecule has 200 valence electrons. The Morgan fingerprint density at radius 3 is 2.56 bits per heavy atom. The molecule has 0 saturated heterocycles. The van der Waals surface area contributed by atoms with Gasteiger partial charge in [-0.15, -0.1) is 0 Å². The summed E-state index contributed by atoms with van der Waals surface area (Å²) in [6.45, 7) is 3.52. The predicted molar refractivity (Wildman–Crippen MR) is 144 cm³/mol. The lowest BCUT2D eigenvalue weighted by atomic mass is 10.1. The summed E-state index contributed by atoms with van der Waals surface area (Å²) in [5, 5.41) is 5.01. The van der Waals surface area contributed by atoms with Crippen LogP contribution in [0.2, 0.25) is 0 Å². The quantitative estimate of drug-likeness (QED) is 0.238. The Morgan fingerprint density at radius 1 is 1.08 bits per heavy atom. The third-order valence-corrected chi connectivity index (χ3v) is 6.69. The highest BCUT2D eigenvalue weighted by molar-refractivity contribution is 7.92.